The molecule has 0 radical (unpaired) electrons. The molecule has 158 valence electrons. The molecule has 0 unspecified atom stereocenters. The van der Waals surface area contributed by atoms with Crippen LogP contribution in [-0.2, 0) is 4.79 Å². The largest absolute Gasteiger partial charge is 0.490 e. The van der Waals surface area contributed by atoms with E-state index in [1.54, 1.807) is 54.6 Å². The lowest BCUT2D eigenvalue weighted by Gasteiger charge is -2.11. The number of hydrazone groups is 1. The fraction of sp³-hybridized carbons (Fsp3) is 0.125. The highest BCUT2D eigenvalue weighted by molar-refractivity contribution is 5.91. The van der Waals surface area contributed by atoms with Crippen LogP contribution in [0.5, 0.6) is 17.2 Å². The number of carbonyl (C=O) groups excluding carboxylic acids is 2. The number of ether oxygens (including phenoxy) is 3. The minimum Gasteiger partial charge on any atom is -0.490 e. The van der Waals surface area contributed by atoms with Crippen LogP contribution in [0.3, 0.4) is 0 Å². The van der Waals surface area contributed by atoms with Crippen molar-refractivity contribution in [2.24, 2.45) is 5.10 Å². The van der Waals surface area contributed by atoms with Crippen molar-refractivity contribution < 1.29 is 23.8 Å². The minimum absolute atomic E-state index is 0.153. The van der Waals surface area contributed by atoms with E-state index >= 15 is 0 Å². The third-order valence-electron chi connectivity index (χ3n) is 4.00. The highest BCUT2D eigenvalue weighted by Gasteiger charge is 2.13. The van der Waals surface area contributed by atoms with Crippen LogP contribution < -0.4 is 19.6 Å². The molecule has 0 saturated heterocycles. The lowest BCUT2D eigenvalue weighted by atomic mass is 10.2. The molecule has 7 nitrogen and oxygen atoms in total. The third-order valence-corrected chi connectivity index (χ3v) is 4.00. The first-order valence-electron chi connectivity index (χ1n) is 9.69. The fourth-order valence-electron chi connectivity index (χ4n) is 2.57. The monoisotopic (exact) mass is 418 g/mol. The molecular formula is C24H22N2O5. The van der Waals surface area contributed by atoms with Gasteiger partial charge in [0.05, 0.1) is 18.4 Å². The maximum atomic E-state index is 12.3. The van der Waals surface area contributed by atoms with Crippen molar-refractivity contribution >= 4 is 18.1 Å². The predicted octanol–water partition coefficient (Wildman–Crippen LogP) is 3.83. The van der Waals surface area contributed by atoms with Crippen molar-refractivity contribution in [3.8, 4) is 17.2 Å². The summed E-state index contributed by atoms with van der Waals surface area (Å²) >= 11 is 0. The molecule has 0 aromatic heterocycles. The maximum absolute atomic E-state index is 12.3. The molecule has 7 heteroatoms. The SMILES string of the molecule is CCOc1cc(/C=N\NC(=O)COc2ccccc2)ccc1OC(=O)c1ccccc1. The molecule has 1 N–H and O–H groups in total. The number of carbonyl (C=O) groups is 2. The van der Waals surface area contributed by atoms with E-state index in [0.29, 0.717) is 35.0 Å². The summed E-state index contributed by atoms with van der Waals surface area (Å²) in [6.45, 7) is 2.07. The Morgan fingerprint density at radius 3 is 2.32 bits per heavy atom. The standard InChI is InChI=1S/C24H22N2O5/c1-2-29-22-15-18(13-14-21(22)31-24(28)19-9-5-3-6-10-19)16-25-26-23(27)17-30-20-11-7-4-8-12-20/h3-16H,2,17H2,1H3,(H,26,27)/b25-16-. The van der Waals surface area contributed by atoms with Gasteiger partial charge < -0.3 is 14.2 Å². The van der Waals surface area contributed by atoms with Crippen LogP contribution in [0.15, 0.2) is 84.0 Å². The second-order valence-electron chi connectivity index (χ2n) is 6.29. The third kappa shape index (κ3) is 6.71. The number of benzene rings is 3. The zero-order valence-electron chi connectivity index (χ0n) is 17.0. The van der Waals surface area contributed by atoms with Gasteiger partial charge in [-0.05, 0) is 55.0 Å². The van der Waals surface area contributed by atoms with Gasteiger partial charge in [-0.3, -0.25) is 4.79 Å². The Balaban J connectivity index is 1.59. The highest BCUT2D eigenvalue weighted by Crippen LogP contribution is 2.29. The molecule has 0 aliphatic carbocycles. The normalized spacial score (nSPS) is 10.5. The summed E-state index contributed by atoms with van der Waals surface area (Å²) in [7, 11) is 0. The minimum atomic E-state index is -0.478. The van der Waals surface area contributed by atoms with Gasteiger partial charge in [0.25, 0.3) is 5.91 Å². The van der Waals surface area contributed by atoms with Gasteiger partial charge in [0.2, 0.25) is 0 Å². The summed E-state index contributed by atoms with van der Waals surface area (Å²) in [5, 5.41) is 3.93. The van der Waals surface area contributed by atoms with Gasteiger partial charge in [-0.1, -0.05) is 36.4 Å². The van der Waals surface area contributed by atoms with E-state index < -0.39 is 11.9 Å². The van der Waals surface area contributed by atoms with Crippen molar-refractivity contribution in [2.45, 2.75) is 6.92 Å². The van der Waals surface area contributed by atoms with Gasteiger partial charge >= 0.3 is 5.97 Å². The van der Waals surface area contributed by atoms with E-state index in [-0.39, 0.29) is 6.61 Å². The molecule has 31 heavy (non-hydrogen) atoms. The summed E-state index contributed by atoms with van der Waals surface area (Å²) in [4.78, 5) is 24.2. The van der Waals surface area contributed by atoms with Gasteiger partial charge in [0.15, 0.2) is 18.1 Å². The Kier molecular flexibility index (Phi) is 7.77. The number of nitrogens with one attached hydrogen (secondary N) is 1. The topological polar surface area (TPSA) is 86.2 Å². The van der Waals surface area contributed by atoms with Crippen molar-refractivity contribution in [1.29, 1.82) is 0 Å². The average Bonchev–Trinajstić information content (AvgIpc) is 2.80. The maximum Gasteiger partial charge on any atom is 0.343 e. The zero-order chi connectivity index (χ0) is 21.9. The molecule has 0 heterocycles. The molecule has 3 aromatic rings. The van der Waals surface area contributed by atoms with Gasteiger partial charge in [0.1, 0.15) is 5.75 Å². The summed E-state index contributed by atoms with van der Waals surface area (Å²) in [5.41, 5.74) is 3.50. The van der Waals surface area contributed by atoms with Crippen LogP contribution in [0.2, 0.25) is 0 Å². The van der Waals surface area contributed by atoms with Crippen molar-refractivity contribution in [3.05, 3.63) is 90.0 Å². The van der Waals surface area contributed by atoms with E-state index in [4.69, 9.17) is 14.2 Å². The van der Waals surface area contributed by atoms with Gasteiger partial charge in [-0.25, -0.2) is 10.2 Å². The van der Waals surface area contributed by atoms with Crippen molar-refractivity contribution in [2.75, 3.05) is 13.2 Å². The molecule has 3 rings (SSSR count). The molecule has 0 aliphatic rings. The molecule has 1 amide bonds. The highest BCUT2D eigenvalue weighted by atomic mass is 16.6. The van der Waals surface area contributed by atoms with Crippen molar-refractivity contribution in [3.63, 3.8) is 0 Å². The van der Waals surface area contributed by atoms with E-state index in [9.17, 15) is 9.59 Å². The van der Waals surface area contributed by atoms with Crippen molar-refractivity contribution in [1.82, 2.24) is 5.43 Å². The Hall–Kier alpha value is -4.13. The smallest absolute Gasteiger partial charge is 0.343 e. The van der Waals surface area contributed by atoms with Crippen LogP contribution in [0.25, 0.3) is 0 Å². The summed E-state index contributed by atoms with van der Waals surface area (Å²) in [5.74, 6) is 0.429. The number of rotatable bonds is 9. The van der Waals surface area contributed by atoms with E-state index in [0.717, 1.165) is 0 Å². The number of hydrogen-bond acceptors (Lipinski definition) is 6. The number of hydrogen-bond donors (Lipinski definition) is 1. The molecule has 0 spiro atoms. The summed E-state index contributed by atoms with van der Waals surface area (Å²) in [6.07, 6.45) is 1.46. The quantitative estimate of drug-likeness (QED) is 0.247. The van der Waals surface area contributed by atoms with Crippen LogP contribution >= 0.6 is 0 Å². The number of nitrogens with zero attached hydrogens (tertiary/aromatic N) is 1. The Morgan fingerprint density at radius 2 is 1.61 bits per heavy atom. The summed E-state index contributed by atoms with van der Waals surface area (Å²) in [6, 6.07) is 22.7. The summed E-state index contributed by atoms with van der Waals surface area (Å²) < 4.78 is 16.4. The second-order valence-corrected chi connectivity index (χ2v) is 6.29. The van der Waals surface area contributed by atoms with Crippen LogP contribution in [0.1, 0.15) is 22.8 Å². The Labute approximate surface area is 180 Å². The Morgan fingerprint density at radius 1 is 0.903 bits per heavy atom. The number of esters is 1. The van der Waals surface area contributed by atoms with Crippen LogP contribution in [0.4, 0.5) is 0 Å². The van der Waals surface area contributed by atoms with E-state index in [1.165, 1.54) is 6.21 Å². The first kappa shape index (κ1) is 21.6. The van der Waals surface area contributed by atoms with Gasteiger partial charge in [-0.2, -0.15) is 5.10 Å². The second kappa shape index (κ2) is 11.2. The molecule has 0 fully saturated rings. The van der Waals surface area contributed by atoms with E-state index in [1.807, 2.05) is 31.2 Å². The number of para-hydroxylation sites is 1. The van der Waals surface area contributed by atoms with Crippen LogP contribution in [0, 0.1) is 0 Å². The van der Waals surface area contributed by atoms with Crippen LogP contribution in [-0.4, -0.2) is 31.3 Å². The molecule has 0 atom stereocenters. The first-order valence-corrected chi connectivity index (χ1v) is 9.69. The van der Waals surface area contributed by atoms with Gasteiger partial charge in [0, 0.05) is 0 Å². The zero-order valence-corrected chi connectivity index (χ0v) is 17.0. The first-order chi connectivity index (χ1) is 15.2. The number of amides is 1. The average molecular weight is 418 g/mol. The molecular weight excluding hydrogens is 396 g/mol. The lowest BCUT2D eigenvalue weighted by molar-refractivity contribution is -0.123. The van der Waals surface area contributed by atoms with E-state index in [2.05, 4.69) is 10.5 Å². The van der Waals surface area contributed by atoms with Gasteiger partial charge in [-0.15, -0.1) is 0 Å². The molecule has 3 aromatic carbocycles. The molecule has 0 bridgehead atoms. The fourth-order valence-corrected chi connectivity index (χ4v) is 2.57. The lowest BCUT2D eigenvalue weighted by Crippen LogP contribution is -2.24. The molecule has 0 saturated carbocycles. The Bertz CT molecular complexity index is 1040. The predicted molar refractivity (Wildman–Crippen MR) is 117 cm³/mol. The molecule has 0 aliphatic heterocycles.